The molecule has 9 heteroatoms. The average molecular weight is 481 g/mol. The molecule has 1 unspecified atom stereocenters. The minimum absolute atomic E-state index is 0.0180. The molecule has 3 aromatic rings. The van der Waals surface area contributed by atoms with Crippen LogP contribution >= 0.6 is 12.1 Å². The maximum Gasteiger partial charge on any atom is 0.573 e. The van der Waals surface area contributed by atoms with Crippen molar-refractivity contribution in [2.45, 2.75) is 18.7 Å². The number of hydrogen-bond acceptors (Lipinski definition) is 4. The quantitative estimate of drug-likeness (QED) is 0.291. The number of alkyl halides is 3. The molecule has 1 aliphatic heterocycles. The number of anilines is 1. The Balaban J connectivity index is 1.41. The lowest BCUT2D eigenvalue weighted by molar-refractivity contribution is -0.274. The molecule has 0 saturated carbocycles. The molecule has 0 amide bonds. The second-order valence-electron chi connectivity index (χ2n) is 7.78. The minimum Gasteiger partial charge on any atom is -0.406 e. The molecule has 0 spiro atoms. The van der Waals surface area contributed by atoms with E-state index in [1.807, 2.05) is 0 Å². The Morgan fingerprint density at radius 2 is 1.39 bits per heavy atom. The van der Waals surface area contributed by atoms with Crippen LogP contribution in [-0.4, -0.2) is 23.8 Å². The predicted molar refractivity (Wildman–Crippen MR) is 119 cm³/mol. The molecule has 1 fully saturated rings. The largest absolute Gasteiger partial charge is 0.573 e. The third kappa shape index (κ3) is 6.39. The summed E-state index contributed by atoms with van der Waals surface area (Å²) < 4.78 is 73.0. The molecule has 0 aliphatic carbocycles. The highest BCUT2D eigenvalue weighted by Gasteiger charge is 2.33. The molecule has 1 heterocycles. The molecule has 0 bridgehead atoms. The molecule has 1 N–H and O–H groups in total. The maximum atomic E-state index is 13.5. The van der Waals surface area contributed by atoms with Crippen molar-refractivity contribution in [3.05, 3.63) is 95.6 Å². The van der Waals surface area contributed by atoms with Gasteiger partial charge in [-0.1, -0.05) is 24.3 Å². The number of nitrogens with one attached hydrogen (secondary N) is 1. The second-order valence-corrected chi connectivity index (χ2v) is 8.69. The Labute approximate surface area is 192 Å². The molecule has 3 aromatic carbocycles. The predicted octanol–water partition coefficient (Wildman–Crippen LogP) is 6.99. The van der Waals surface area contributed by atoms with E-state index in [9.17, 15) is 22.0 Å². The van der Waals surface area contributed by atoms with Crippen molar-refractivity contribution in [1.29, 1.82) is 0 Å². The zero-order valence-corrected chi connectivity index (χ0v) is 18.2. The summed E-state index contributed by atoms with van der Waals surface area (Å²) >= 11 is 1.37. The molecule has 1 saturated heterocycles. The van der Waals surface area contributed by atoms with Gasteiger partial charge >= 0.3 is 6.36 Å². The Bertz CT molecular complexity index is 997. The Morgan fingerprint density at radius 3 is 1.91 bits per heavy atom. The van der Waals surface area contributed by atoms with Crippen LogP contribution in [0.3, 0.4) is 0 Å². The summed E-state index contributed by atoms with van der Waals surface area (Å²) in [6.45, 7) is 1.52. The van der Waals surface area contributed by atoms with Gasteiger partial charge in [-0.25, -0.2) is 13.1 Å². The van der Waals surface area contributed by atoms with E-state index in [0.717, 1.165) is 30.6 Å². The first-order valence-electron chi connectivity index (χ1n) is 10.3. The van der Waals surface area contributed by atoms with Crippen molar-refractivity contribution < 1.29 is 26.7 Å². The highest BCUT2D eigenvalue weighted by Crippen LogP contribution is 2.39. The summed E-state index contributed by atoms with van der Waals surface area (Å²) in [5, 5.41) is 0. The highest BCUT2D eigenvalue weighted by molar-refractivity contribution is 7.98. The number of ether oxygens (including phenoxy) is 1. The van der Waals surface area contributed by atoms with Crippen molar-refractivity contribution >= 4 is 17.8 Å². The Hall–Kier alpha value is -2.78. The molecule has 0 radical (unpaired) electrons. The summed E-state index contributed by atoms with van der Waals surface area (Å²) in [6, 6.07) is 18.3. The van der Waals surface area contributed by atoms with Crippen molar-refractivity contribution in [3.8, 4) is 5.75 Å². The van der Waals surface area contributed by atoms with Gasteiger partial charge in [0.2, 0.25) is 0 Å². The van der Waals surface area contributed by atoms with Gasteiger partial charge < -0.3 is 9.46 Å². The fourth-order valence-corrected chi connectivity index (χ4v) is 4.86. The van der Waals surface area contributed by atoms with E-state index in [4.69, 9.17) is 0 Å². The highest BCUT2D eigenvalue weighted by atomic mass is 32.2. The normalized spacial score (nSPS) is 16.8. The SMILES string of the molecule is Fc1ccc(C(c2ccc(F)cc2)C2CCN(SNc3ccc(OC(F)(F)F)cc3)C2)cc1. The smallest absolute Gasteiger partial charge is 0.406 e. The topological polar surface area (TPSA) is 24.5 Å². The summed E-state index contributed by atoms with van der Waals surface area (Å²) in [6.07, 6.45) is -3.84. The summed E-state index contributed by atoms with van der Waals surface area (Å²) in [4.78, 5) is 0. The van der Waals surface area contributed by atoms with Gasteiger partial charge in [0.1, 0.15) is 17.4 Å². The third-order valence-corrected chi connectivity index (χ3v) is 6.41. The third-order valence-electron chi connectivity index (χ3n) is 5.50. The fourth-order valence-electron chi connectivity index (χ4n) is 4.03. The van der Waals surface area contributed by atoms with Crippen LogP contribution in [0.25, 0.3) is 0 Å². The van der Waals surface area contributed by atoms with Gasteiger partial charge in [0.05, 0.1) is 0 Å². The van der Waals surface area contributed by atoms with Gasteiger partial charge in [0, 0.05) is 36.8 Å². The van der Waals surface area contributed by atoms with E-state index < -0.39 is 6.36 Å². The molecule has 4 rings (SSSR count). The van der Waals surface area contributed by atoms with Gasteiger partial charge in [-0.05, 0) is 72.0 Å². The van der Waals surface area contributed by atoms with Gasteiger partial charge in [-0.3, -0.25) is 0 Å². The molecular formula is C24H21F5N2OS. The fraction of sp³-hybridized carbons (Fsp3) is 0.250. The zero-order valence-electron chi connectivity index (χ0n) is 17.4. The molecular weight excluding hydrogens is 459 g/mol. The van der Waals surface area contributed by atoms with E-state index in [2.05, 4.69) is 13.8 Å². The monoisotopic (exact) mass is 480 g/mol. The molecule has 1 aliphatic rings. The van der Waals surface area contributed by atoms with Crippen LogP contribution in [0, 0.1) is 17.6 Å². The number of benzene rings is 3. The van der Waals surface area contributed by atoms with Crippen LogP contribution in [-0.2, 0) is 0 Å². The summed E-state index contributed by atoms with van der Waals surface area (Å²) in [5.74, 6) is -0.693. The minimum atomic E-state index is -4.72. The molecule has 3 nitrogen and oxygen atoms in total. The molecule has 174 valence electrons. The first-order valence-corrected chi connectivity index (χ1v) is 11.1. The van der Waals surface area contributed by atoms with Gasteiger partial charge in [-0.15, -0.1) is 13.2 Å². The van der Waals surface area contributed by atoms with E-state index in [-0.39, 0.29) is 29.2 Å². The number of hydrogen-bond donors (Lipinski definition) is 1. The lowest BCUT2D eigenvalue weighted by Gasteiger charge is -2.25. The molecule has 0 aromatic heterocycles. The van der Waals surface area contributed by atoms with E-state index in [0.29, 0.717) is 5.69 Å². The van der Waals surface area contributed by atoms with Crippen LogP contribution in [0.5, 0.6) is 5.75 Å². The van der Waals surface area contributed by atoms with Crippen LogP contribution in [0.1, 0.15) is 23.5 Å². The second kappa shape index (κ2) is 10.0. The number of halogens is 5. The lowest BCUT2D eigenvalue weighted by atomic mass is 9.80. The Kier molecular flexibility index (Phi) is 7.09. The van der Waals surface area contributed by atoms with Crippen molar-refractivity contribution in [1.82, 2.24) is 4.31 Å². The first kappa shape index (κ1) is 23.4. The molecule has 33 heavy (non-hydrogen) atoms. The van der Waals surface area contributed by atoms with Crippen molar-refractivity contribution in [3.63, 3.8) is 0 Å². The molecule has 1 atom stereocenters. The van der Waals surface area contributed by atoms with E-state index >= 15 is 0 Å². The van der Waals surface area contributed by atoms with Crippen molar-refractivity contribution in [2.75, 3.05) is 17.8 Å². The van der Waals surface area contributed by atoms with E-state index in [1.165, 1.54) is 60.7 Å². The lowest BCUT2D eigenvalue weighted by Crippen LogP contribution is -2.19. The first-order chi connectivity index (χ1) is 15.8. The maximum absolute atomic E-state index is 13.5. The van der Waals surface area contributed by atoms with Crippen LogP contribution < -0.4 is 9.46 Å². The summed E-state index contributed by atoms with van der Waals surface area (Å²) in [7, 11) is 0. The van der Waals surface area contributed by atoms with Gasteiger partial charge in [-0.2, -0.15) is 0 Å². The van der Waals surface area contributed by atoms with E-state index in [1.54, 1.807) is 24.3 Å². The standard InChI is InChI=1S/C24H21F5N2OS/c25-19-5-1-16(2-6-19)23(17-3-7-20(26)8-4-17)18-13-14-31(15-18)33-30-21-9-11-22(12-10-21)32-24(27,28)29/h1-12,18,23,30H,13-15H2. The van der Waals surface area contributed by atoms with Crippen LogP contribution in [0.2, 0.25) is 0 Å². The van der Waals surface area contributed by atoms with Crippen molar-refractivity contribution in [2.24, 2.45) is 5.92 Å². The number of rotatable bonds is 7. The average Bonchev–Trinajstić information content (AvgIpc) is 3.23. The van der Waals surface area contributed by atoms with Gasteiger partial charge in [0.15, 0.2) is 0 Å². The zero-order chi connectivity index (χ0) is 23.4. The van der Waals surface area contributed by atoms with Gasteiger partial charge in [0.25, 0.3) is 0 Å². The Morgan fingerprint density at radius 1 is 0.848 bits per heavy atom. The summed E-state index contributed by atoms with van der Waals surface area (Å²) in [5.41, 5.74) is 2.58. The van der Waals surface area contributed by atoms with Crippen LogP contribution in [0.4, 0.5) is 27.6 Å². The van der Waals surface area contributed by atoms with Crippen LogP contribution in [0.15, 0.2) is 72.8 Å². The number of nitrogens with zero attached hydrogens (tertiary/aromatic N) is 1.